The van der Waals surface area contributed by atoms with Gasteiger partial charge in [0.25, 0.3) is 0 Å². The number of aliphatic carboxylic acids is 1. The van der Waals surface area contributed by atoms with Gasteiger partial charge < -0.3 is 24.8 Å². The molecule has 0 aromatic heterocycles. The summed E-state index contributed by atoms with van der Waals surface area (Å²) < 4.78 is 10.9. The molecular formula is C50H69ClO8. The molecule has 0 bridgehead atoms. The molecule has 4 saturated carbocycles. The number of allylic oxidation sites excluding steroid dienone is 2. The zero-order chi connectivity index (χ0) is 43.7. The second-order valence-electron chi connectivity index (χ2n) is 21.6. The average Bonchev–Trinajstić information content (AvgIpc) is 3.13. The van der Waals surface area contributed by atoms with Crippen molar-refractivity contribution in [3.05, 3.63) is 76.3 Å². The van der Waals surface area contributed by atoms with Crippen LogP contribution in [0.25, 0.3) is 0 Å². The lowest BCUT2D eigenvalue weighted by molar-refractivity contribution is -0.218. The third-order valence-electron chi connectivity index (χ3n) is 16.5. The zero-order valence-corrected chi connectivity index (χ0v) is 38.0. The molecule has 59 heavy (non-hydrogen) atoms. The van der Waals surface area contributed by atoms with Crippen molar-refractivity contribution in [3.63, 3.8) is 0 Å². The number of rotatable bonds is 7. The number of carbonyl (C=O) groups excluding carboxylic acids is 2. The molecule has 9 unspecified atom stereocenters. The molecule has 0 saturated heterocycles. The van der Waals surface area contributed by atoms with Crippen LogP contribution in [0.4, 0.5) is 0 Å². The summed E-state index contributed by atoms with van der Waals surface area (Å²) in [6.07, 6.45) is 9.13. The van der Waals surface area contributed by atoms with Crippen LogP contribution in [0, 0.1) is 50.2 Å². The number of carbonyl (C=O) groups is 3. The summed E-state index contributed by atoms with van der Waals surface area (Å²) in [5.74, 6) is 0.0229. The van der Waals surface area contributed by atoms with Gasteiger partial charge in [-0.1, -0.05) is 71.7 Å². The molecule has 7 rings (SSSR count). The van der Waals surface area contributed by atoms with Gasteiger partial charge in [-0.3, -0.25) is 9.59 Å². The number of aliphatic hydroxyl groups excluding tert-OH is 2. The molecule has 0 heterocycles. The van der Waals surface area contributed by atoms with Crippen molar-refractivity contribution in [3.8, 4) is 5.75 Å². The van der Waals surface area contributed by atoms with Gasteiger partial charge in [-0.15, -0.1) is 0 Å². The number of hydrogen-bond donors (Lipinski definition) is 3. The summed E-state index contributed by atoms with van der Waals surface area (Å²) in [5.41, 5.74) is 0.256. The Hall–Kier alpha value is -3.20. The molecule has 2 aromatic rings. The minimum Gasteiger partial charge on any atom is -0.481 e. The van der Waals surface area contributed by atoms with Crippen molar-refractivity contribution in [2.45, 2.75) is 158 Å². The normalized spacial score (nSPS) is 35.6. The fourth-order valence-electron chi connectivity index (χ4n) is 12.9. The lowest BCUT2D eigenvalue weighted by Crippen LogP contribution is -2.67. The van der Waals surface area contributed by atoms with Gasteiger partial charge in [0.2, 0.25) is 0 Å². The predicted octanol–water partition coefficient (Wildman–Crippen LogP) is 10.9. The summed E-state index contributed by atoms with van der Waals surface area (Å²) in [6, 6.07) is 13.4. The SMILES string of the molecule is CC(C)OC(=O)C(C)(C)Oc1ccc(C(=O)c2ccc(Cl)cc2)cc1.CC1(C)CCC2(C(=O)O)C(O)CC3(C)C(=CCC4C5(C)CCC(O)C(C)(C)C5CCC43C)C2C1. The Morgan fingerprint density at radius 2 is 1.37 bits per heavy atom. The van der Waals surface area contributed by atoms with E-state index in [2.05, 4.69) is 54.5 Å². The molecular weight excluding hydrogens is 764 g/mol. The van der Waals surface area contributed by atoms with E-state index in [1.807, 2.05) is 0 Å². The quantitative estimate of drug-likeness (QED) is 0.143. The number of ketones is 1. The minimum absolute atomic E-state index is 0.0218. The molecule has 2 aromatic carbocycles. The fourth-order valence-corrected chi connectivity index (χ4v) is 13.0. The van der Waals surface area contributed by atoms with Crippen LogP contribution < -0.4 is 4.74 Å². The van der Waals surface area contributed by atoms with E-state index in [4.69, 9.17) is 21.1 Å². The van der Waals surface area contributed by atoms with Crippen molar-refractivity contribution < 1.29 is 39.2 Å². The fraction of sp³-hybridized carbons (Fsp3) is 0.660. The van der Waals surface area contributed by atoms with Crippen LogP contribution in [-0.2, 0) is 14.3 Å². The minimum atomic E-state index is -1.12. The number of fused-ring (bicyclic) bond motifs is 7. The molecule has 3 N–H and O–H groups in total. The molecule has 5 aliphatic rings. The van der Waals surface area contributed by atoms with Crippen LogP contribution in [0.15, 0.2) is 60.2 Å². The van der Waals surface area contributed by atoms with Crippen LogP contribution in [0.1, 0.15) is 150 Å². The smallest absolute Gasteiger partial charge is 0.350 e. The number of carboxylic acid groups (broad SMARTS) is 1. The van der Waals surface area contributed by atoms with Crippen LogP contribution in [0.3, 0.4) is 0 Å². The van der Waals surface area contributed by atoms with Gasteiger partial charge >= 0.3 is 11.9 Å². The molecule has 0 aliphatic heterocycles. The Kier molecular flexibility index (Phi) is 12.0. The number of esters is 1. The topological polar surface area (TPSA) is 130 Å². The number of halogens is 1. The highest BCUT2D eigenvalue weighted by Crippen LogP contribution is 2.75. The maximum absolute atomic E-state index is 12.8. The Bertz CT molecular complexity index is 1950. The first-order valence-corrected chi connectivity index (χ1v) is 22.2. The first-order chi connectivity index (χ1) is 27.2. The average molecular weight is 834 g/mol. The molecule has 0 spiro atoms. The standard InChI is InChI=1S/C30H48O4.C20H21ClO4/c1-25(2)14-15-30(24(33)34)19(16-25)18-8-9-21-27(5)12-11-22(31)26(3,4)20(27)10-13-28(21,6)29(18,7)17-23(30)32;1-13(2)24-19(23)20(3,4)25-17-11-7-15(8-12-17)18(22)14-5-9-16(21)10-6-14/h8,19-23,31-32H,9-17H2,1-7H3,(H,33,34);5-13H,1-4H3. The summed E-state index contributed by atoms with van der Waals surface area (Å²) in [4.78, 5) is 37.3. The van der Waals surface area contributed by atoms with Gasteiger partial charge in [-0.2, -0.15) is 0 Å². The third kappa shape index (κ3) is 7.71. The van der Waals surface area contributed by atoms with E-state index in [0.29, 0.717) is 46.6 Å². The Labute approximate surface area is 357 Å². The first-order valence-electron chi connectivity index (χ1n) is 21.9. The van der Waals surface area contributed by atoms with E-state index in [9.17, 15) is 29.7 Å². The lowest BCUT2D eigenvalue weighted by atomic mass is 9.33. The highest BCUT2D eigenvalue weighted by atomic mass is 35.5. The van der Waals surface area contributed by atoms with E-state index in [1.165, 1.54) is 5.57 Å². The highest BCUT2D eigenvalue weighted by Gasteiger charge is 2.71. The molecule has 0 radical (unpaired) electrons. The Morgan fingerprint density at radius 3 is 1.95 bits per heavy atom. The zero-order valence-electron chi connectivity index (χ0n) is 37.3. The second-order valence-corrected chi connectivity index (χ2v) is 22.0. The van der Waals surface area contributed by atoms with Gasteiger partial charge in [0, 0.05) is 16.1 Å². The molecule has 8 nitrogen and oxygen atoms in total. The van der Waals surface area contributed by atoms with Gasteiger partial charge in [0.15, 0.2) is 11.4 Å². The molecule has 9 atom stereocenters. The number of hydrogen-bond acceptors (Lipinski definition) is 7. The van der Waals surface area contributed by atoms with Gasteiger partial charge in [-0.05, 0) is 179 Å². The molecule has 324 valence electrons. The van der Waals surface area contributed by atoms with Crippen molar-refractivity contribution in [1.29, 1.82) is 0 Å². The Morgan fingerprint density at radius 1 is 0.780 bits per heavy atom. The van der Waals surface area contributed by atoms with E-state index in [-0.39, 0.29) is 51.0 Å². The maximum atomic E-state index is 12.8. The van der Waals surface area contributed by atoms with E-state index in [1.54, 1.807) is 76.2 Å². The monoisotopic (exact) mass is 832 g/mol. The van der Waals surface area contributed by atoms with E-state index < -0.39 is 29.1 Å². The highest BCUT2D eigenvalue weighted by molar-refractivity contribution is 6.30. The number of carboxylic acids is 1. The lowest BCUT2D eigenvalue weighted by Gasteiger charge is -2.71. The third-order valence-corrected chi connectivity index (χ3v) is 16.7. The van der Waals surface area contributed by atoms with Gasteiger partial charge in [0.1, 0.15) is 11.2 Å². The van der Waals surface area contributed by atoms with Crippen LogP contribution in [-0.4, -0.2) is 57.0 Å². The summed E-state index contributed by atoms with van der Waals surface area (Å²) >= 11 is 5.84. The first kappa shape index (κ1) is 45.3. The van der Waals surface area contributed by atoms with Crippen LogP contribution in [0.5, 0.6) is 5.75 Å². The second kappa shape index (κ2) is 15.6. The molecule has 4 fully saturated rings. The predicted molar refractivity (Wildman–Crippen MR) is 231 cm³/mol. The maximum Gasteiger partial charge on any atom is 0.350 e. The van der Waals surface area contributed by atoms with Gasteiger partial charge in [0.05, 0.1) is 18.3 Å². The number of benzene rings is 2. The number of ether oxygens (including phenoxy) is 2. The summed E-state index contributed by atoms with van der Waals surface area (Å²) in [5, 5.41) is 33.6. The summed E-state index contributed by atoms with van der Waals surface area (Å²) in [7, 11) is 0. The molecule has 0 amide bonds. The van der Waals surface area contributed by atoms with Crippen molar-refractivity contribution in [2.24, 2.45) is 50.2 Å². The number of aliphatic hydroxyl groups is 2. The van der Waals surface area contributed by atoms with Crippen molar-refractivity contribution in [2.75, 3.05) is 0 Å². The van der Waals surface area contributed by atoms with Gasteiger partial charge in [-0.25, -0.2) is 4.79 Å². The van der Waals surface area contributed by atoms with Crippen molar-refractivity contribution >= 4 is 29.3 Å². The van der Waals surface area contributed by atoms with Crippen molar-refractivity contribution in [1.82, 2.24) is 0 Å². The van der Waals surface area contributed by atoms with Crippen LogP contribution >= 0.6 is 11.6 Å². The van der Waals surface area contributed by atoms with E-state index in [0.717, 1.165) is 44.9 Å². The largest absolute Gasteiger partial charge is 0.481 e. The molecule has 5 aliphatic carbocycles. The Balaban J connectivity index is 0.000000209. The van der Waals surface area contributed by atoms with E-state index >= 15 is 0 Å². The summed E-state index contributed by atoms with van der Waals surface area (Å²) in [6.45, 7) is 23.3. The molecule has 9 heteroatoms. The van der Waals surface area contributed by atoms with Crippen LogP contribution in [0.2, 0.25) is 5.02 Å².